The maximum atomic E-state index is 14.5. The molecule has 0 spiro atoms. The smallest absolute Gasteiger partial charge is 0.408 e. The largest absolute Gasteiger partial charge is 0.467 e. The third-order valence-electron chi connectivity index (χ3n) is 10.5. The van der Waals surface area contributed by atoms with Gasteiger partial charge in [0.1, 0.15) is 47.4 Å². The van der Waals surface area contributed by atoms with Gasteiger partial charge in [-0.25, -0.2) is 9.59 Å². The minimum Gasteiger partial charge on any atom is -0.467 e. The molecule has 7 amide bonds. The van der Waals surface area contributed by atoms with Gasteiger partial charge in [0.05, 0.1) is 13.5 Å². The highest BCUT2D eigenvalue weighted by Crippen LogP contribution is 2.37. The molecule has 6 atom stereocenters. The van der Waals surface area contributed by atoms with Crippen LogP contribution < -0.4 is 37.2 Å². The molecule has 4 rings (SSSR count). The molecule has 1 aliphatic heterocycles. The lowest BCUT2D eigenvalue weighted by Gasteiger charge is -2.37. The van der Waals surface area contributed by atoms with E-state index in [4.69, 9.17) is 9.47 Å². The summed E-state index contributed by atoms with van der Waals surface area (Å²) in [6.07, 6.45) is 3.88. The lowest BCUT2D eigenvalue weighted by molar-refractivity contribution is -0.145. The van der Waals surface area contributed by atoms with Crippen LogP contribution >= 0.6 is 0 Å². The van der Waals surface area contributed by atoms with E-state index in [1.54, 1.807) is 20.8 Å². The number of esters is 1. The van der Waals surface area contributed by atoms with Crippen LogP contribution in [-0.2, 0) is 48.6 Å². The van der Waals surface area contributed by atoms with Gasteiger partial charge >= 0.3 is 12.1 Å². The number of carbonyl (C=O) groups is 8. The first-order valence-electron chi connectivity index (χ1n) is 21.9. The Bertz CT molecular complexity index is 2170. The summed E-state index contributed by atoms with van der Waals surface area (Å²) in [5.74, 6) is -5.56. The van der Waals surface area contributed by atoms with Crippen molar-refractivity contribution in [3.8, 4) is 0 Å². The Morgan fingerprint density at radius 2 is 1.24 bits per heavy atom. The number of nitrogens with one attached hydrogen (secondary N) is 7. The Labute approximate surface area is 391 Å². The van der Waals surface area contributed by atoms with E-state index < -0.39 is 101 Å². The monoisotopic (exact) mass is 919 g/mol. The molecule has 17 nitrogen and oxygen atoms in total. The van der Waals surface area contributed by atoms with E-state index in [0.29, 0.717) is 16.7 Å². The number of hydrogen-bond donors (Lipinski definition) is 7. The van der Waals surface area contributed by atoms with Crippen molar-refractivity contribution in [2.45, 2.75) is 107 Å². The molecule has 0 aliphatic carbocycles. The summed E-state index contributed by atoms with van der Waals surface area (Å²) in [6.45, 7) is 13.7. The Morgan fingerprint density at radius 3 is 1.75 bits per heavy atom. The molecule has 0 bridgehead atoms. The molecule has 67 heavy (non-hydrogen) atoms. The minimum absolute atomic E-state index is 0.0103. The number of alkyl carbamates (subject to hydrolysis) is 1. The average Bonchev–Trinajstić information content (AvgIpc) is 3.30. The number of hydrogen-bond acceptors (Lipinski definition) is 10. The molecule has 3 aromatic carbocycles. The van der Waals surface area contributed by atoms with E-state index in [1.807, 2.05) is 91.0 Å². The average molecular weight is 920 g/mol. The molecular weight excluding hydrogens is 859 g/mol. The van der Waals surface area contributed by atoms with Gasteiger partial charge in [-0.05, 0) is 70.1 Å². The lowest BCUT2D eigenvalue weighted by atomic mass is 9.77. The first-order chi connectivity index (χ1) is 31.9. The zero-order valence-electron chi connectivity index (χ0n) is 38.5. The van der Waals surface area contributed by atoms with Gasteiger partial charge in [0, 0.05) is 0 Å². The van der Waals surface area contributed by atoms with Crippen LogP contribution in [0.2, 0.25) is 0 Å². The molecule has 1 heterocycles. The first-order valence-corrected chi connectivity index (χ1v) is 21.9. The predicted molar refractivity (Wildman–Crippen MR) is 250 cm³/mol. The van der Waals surface area contributed by atoms with Crippen molar-refractivity contribution < 1.29 is 47.8 Å². The summed E-state index contributed by atoms with van der Waals surface area (Å²) in [5.41, 5.74) is 0.00465. The number of carbonyl (C=O) groups excluding carboxylic acids is 8. The fraction of sp³-hybridized carbons (Fsp3) is 0.360. The zero-order chi connectivity index (χ0) is 49.1. The van der Waals surface area contributed by atoms with Crippen LogP contribution in [0.25, 0.3) is 0 Å². The molecule has 0 radical (unpaired) electrons. The summed E-state index contributed by atoms with van der Waals surface area (Å²) < 4.78 is 10.2. The number of methoxy groups -OCH3 is 1. The number of amides is 7. The van der Waals surface area contributed by atoms with Crippen LogP contribution in [0, 0.1) is 0 Å². The van der Waals surface area contributed by atoms with E-state index in [9.17, 15) is 38.4 Å². The highest BCUT2D eigenvalue weighted by atomic mass is 16.6. The van der Waals surface area contributed by atoms with E-state index in [-0.39, 0.29) is 25.7 Å². The maximum Gasteiger partial charge on any atom is 0.408 e. The summed E-state index contributed by atoms with van der Waals surface area (Å²) in [7, 11) is 1.13. The van der Waals surface area contributed by atoms with Crippen molar-refractivity contribution in [3.05, 3.63) is 145 Å². The molecule has 0 saturated carbocycles. The predicted octanol–water partition coefficient (Wildman–Crippen LogP) is 3.50. The third kappa shape index (κ3) is 15.0. The Morgan fingerprint density at radius 1 is 0.716 bits per heavy atom. The first kappa shape index (κ1) is 52.1. The highest BCUT2D eigenvalue weighted by Gasteiger charge is 2.40. The van der Waals surface area contributed by atoms with Gasteiger partial charge in [0.25, 0.3) is 0 Å². The van der Waals surface area contributed by atoms with Crippen molar-refractivity contribution in [2.75, 3.05) is 7.11 Å². The second kappa shape index (κ2) is 24.7. The quantitative estimate of drug-likeness (QED) is 0.0627. The van der Waals surface area contributed by atoms with Crippen molar-refractivity contribution in [2.24, 2.45) is 0 Å². The van der Waals surface area contributed by atoms with Crippen LogP contribution in [0.1, 0.15) is 76.5 Å². The fourth-order valence-electron chi connectivity index (χ4n) is 7.23. The zero-order valence-corrected chi connectivity index (χ0v) is 38.5. The minimum atomic E-state index is -1.59. The van der Waals surface area contributed by atoms with E-state index in [0.717, 1.165) is 7.11 Å². The molecule has 0 aromatic heterocycles. The highest BCUT2D eigenvalue weighted by molar-refractivity contribution is 5.98. The fourth-order valence-corrected chi connectivity index (χ4v) is 7.23. The SMILES string of the molecule is C=CC[C@H](NC(=O)OC(C)(C)C)C(=O)N[C@@H](C)C(=O)N[C@H]1C/C=C/C[C@@H](C(=O)OC)NC(=O)[C@H](CC(=O)NC(c2ccccc2)(c2ccccc2)c2ccccc2)NC(=O)[C@H](CC=C)NC1=O. The molecule has 0 unspecified atom stereocenters. The van der Waals surface area contributed by atoms with E-state index in [2.05, 4.69) is 50.4 Å². The van der Waals surface area contributed by atoms with Crippen molar-refractivity contribution in [1.29, 1.82) is 0 Å². The van der Waals surface area contributed by atoms with Crippen LogP contribution in [-0.4, -0.2) is 96.5 Å². The molecule has 7 N–H and O–H groups in total. The Hall–Kier alpha value is -7.56. The summed E-state index contributed by atoms with van der Waals surface area (Å²) in [5, 5.41) is 18.6. The molecule has 3 aromatic rings. The van der Waals surface area contributed by atoms with Gasteiger partial charge in [-0.15, -0.1) is 13.2 Å². The number of benzene rings is 3. The van der Waals surface area contributed by atoms with Gasteiger partial charge in [0.15, 0.2) is 0 Å². The number of rotatable bonds is 16. The van der Waals surface area contributed by atoms with Crippen molar-refractivity contribution in [3.63, 3.8) is 0 Å². The Balaban J connectivity index is 1.63. The van der Waals surface area contributed by atoms with Crippen molar-refractivity contribution >= 4 is 47.5 Å². The summed E-state index contributed by atoms with van der Waals surface area (Å²) in [4.78, 5) is 109. The maximum absolute atomic E-state index is 14.5. The second-order valence-corrected chi connectivity index (χ2v) is 16.8. The normalized spacial score (nSPS) is 19.4. The molecule has 356 valence electrons. The van der Waals surface area contributed by atoms with Gasteiger partial charge < -0.3 is 46.7 Å². The topological polar surface area (TPSA) is 239 Å². The van der Waals surface area contributed by atoms with Gasteiger partial charge in [-0.2, -0.15) is 0 Å². The molecule has 17 heteroatoms. The van der Waals surface area contributed by atoms with Crippen molar-refractivity contribution in [1.82, 2.24) is 37.2 Å². The molecule has 1 aliphatic rings. The van der Waals surface area contributed by atoms with Gasteiger partial charge in [0.2, 0.25) is 35.4 Å². The third-order valence-corrected chi connectivity index (χ3v) is 10.5. The van der Waals surface area contributed by atoms with Crippen LogP contribution in [0.5, 0.6) is 0 Å². The molecule has 0 fully saturated rings. The number of ether oxygens (including phenoxy) is 2. The Kier molecular flexibility index (Phi) is 19.2. The second-order valence-electron chi connectivity index (χ2n) is 16.8. The molecular formula is C50H61N7O10. The standard InChI is InChI=1S/C50H61N7O10/c1-8-21-36-44(61)55-40(31-41(58)57-50(33-23-13-10-14-24-33,34-25-15-11-16-26-34)35-27-17-12-18-28-35)46(63)54-39(47(64)66-7)30-20-19-29-38(45(62)53-36)52-42(59)32(3)51-43(60)37(22-9-2)56-48(65)67-49(4,5)6/h8-20,23-28,32,36-40H,1-2,21-22,29-31H2,3-7H3,(H,51,60)(H,52,59)(H,53,62)(H,54,63)(H,55,61)(H,56,65)(H,57,58)/b20-19+/t32-,36-,37-,38-,39-,40-/m0/s1. The van der Waals surface area contributed by atoms with Crippen LogP contribution in [0.4, 0.5) is 4.79 Å². The van der Waals surface area contributed by atoms with E-state index in [1.165, 1.54) is 31.2 Å². The van der Waals surface area contributed by atoms with Gasteiger partial charge in [-0.1, -0.05) is 115 Å². The summed E-state index contributed by atoms with van der Waals surface area (Å²) in [6, 6.07) is 19.8. The molecule has 0 saturated heterocycles. The van der Waals surface area contributed by atoms with Crippen LogP contribution in [0.15, 0.2) is 128 Å². The lowest BCUT2D eigenvalue weighted by Crippen LogP contribution is -2.60. The summed E-state index contributed by atoms with van der Waals surface area (Å²) >= 11 is 0. The van der Waals surface area contributed by atoms with E-state index >= 15 is 0 Å². The van der Waals surface area contributed by atoms with Crippen LogP contribution in [0.3, 0.4) is 0 Å². The van der Waals surface area contributed by atoms with Gasteiger partial charge in [-0.3, -0.25) is 28.8 Å².